The molecule has 1 aromatic heterocycles. The van der Waals surface area contributed by atoms with Gasteiger partial charge in [-0.3, -0.25) is 0 Å². The quantitative estimate of drug-likeness (QED) is 0.757. The molecule has 0 saturated carbocycles. The molecule has 2 N–H and O–H groups in total. The minimum Gasteiger partial charge on any atom is -0.370 e. The van der Waals surface area contributed by atoms with Gasteiger partial charge in [-0.15, -0.1) is 0 Å². The second kappa shape index (κ2) is 7.85. The van der Waals surface area contributed by atoms with Crippen molar-refractivity contribution in [3.05, 3.63) is 42.1 Å². The first-order valence-corrected chi connectivity index (χ1v) is 7.16. The molecule has 5 heteroatoms. The molecule has 0 unspecified atom stereocenters. The molecule has 0 bridgehead atoms. The molecule has 108 valence electrons. The van der Waals surface area contributed by atoms with Gasteiger partial charge in [-0.05, 0) is 30.7 Å². The van der Waals surface area contributed by atoms with Gasteiger partial charge >= 0.3 is 0 Å². The fourth-order valence-corrected chi connectivity index (χ4v) is 1.90. The van der Waals surface area contributed by atoms with Crippen LogP contribution in [0, 0.1) is 11.3 Å². The largest absolute Gasteiger partial charge is 0.370 e. The number of benzene rings is 1. The van der Waals surface area contributed by atoms with Crippen molar-refractivity contribution < 1.29 is 0 Å². The number of nitrogens with zero attached hydrogens (tertiary/aromatic N) is 3. The van der Waals surface area contributed by atoms with Crippen LogP contribution < -0.4 is 10.6 Å². The van der Waals surface area contributed by atoms with E-state index < -0.39 is 0 Å². The van der Waals surface area contributed by atoms with E-state index in [4.69, 9.17) is 5.26 Å². The first kappa shape index (κ1) is 14.8. The Morgan fingerprint density at radius 1 is 1.24 bits per heavy atom. The van der Waals surface area contributed by atoms with E-state index in [0.29, 0.717) is 11.5 Å². The highest BCUT2D eigenvalue weighted by Crippen LogP contribution is 2.15. The lowest BCUT2D eigenvalue weighted by atomic mass is 10.2. The number of nitriles is 1. The summed E-state index contributed by atoms with van der Waals surface area (Å²) in [5, 5.41) is 15.3. The van der Waals surface area contributed by atoms with Crippen molar-refractivity contribution in [3.8, 4) is 6.07 Å². The number of rotatable bonds is 7. The lowest BCUT2D eigenvalue weighted by molar-refractivity contribution is 0.742. The van der Waals surface area contributed by atoms with Gasteiger partial charge < -0.3 is 10.6 Å². The Morgan fingerprint density at radius 2 is 2.14 bits per heavy atom. The van der Waals surface area contributed by atoms with Gasteiger partial charge in [0, 0.05) is 18.4 Å². The highest BCUT2D eigenvalue weighted by Gasteiger charge is 2.01. The van der Waals surface area contributed by atoms with Crippen LogP contribution in [0.15, 0.2) is 36.5 Å². The standard InChI is InChI=1S/C16H19N5/c1-2-3-4-9-18-15-8-10-19-16(21-15)20-14-7-5-6-13(11-14)12-17/h5-8,10-11H,2-4,9H2,1H3,(H2,18,19,20,21). The highest BCUT2D eigenvalue weighted by atomic mass is 15.1. The second-order valence-corrected chi connectivity index (χ2v) is 4.72. The van der Waals surface area contributed by atoms with Crippen molar-refractivity contribution in [2.24, 2.45) is 0 Å². The summed E-state index contributed by atoms with van der Waals surface area (Å²) < 4.78 is 0. The predicted octanol–water partition coefficient (Wildman–Crippen LogP) is 3.69. The number of nitrogens with one attached hydrogen (secondary N) is 2. The van der Waals surface area contributed by atoms with Crippen molar-refractivity contribution in [1.29, 1.82) is 5.26 Å². The Labute approximate surface area is 125 Å². The minimum absolute atomic E-state index is 0.519. The minimum atomic E-state index is 0.519. The van der Waals surface area contributed by atoms with Gasteiger partial charge in [-0.2, -0.15) is 10.2 Å². The maximum Gasteiger partial charge on any atom is 0.229 e. The second-order valence-electron chi connectivity index (χ2n) is 4.72. The number of hydrogen-bond donors (Lipinski definition) is 2. The van der Waals surface area contributed by atoms with Gasteiger partial charge in [0.05, 0.1) is 11.6 Å². The first-order chi connectivity index (χ1) is 10.3. The molecule has 0 aliphatic rings. The van der Waals surface area contributed by atoms with Crippen molar-refractivity contribution in [1.82, 2.24) is 9.97 Å². The van der Waals surface area contributed by atoms with Crippen molar-refractivity contribution in [3.63, 3.8) is 0 Å². The van der Waals surface area contributed by atoms with Gasteiger partial charge in [0.15, 0.2) is 0 Å². The molecule has 0 aliphatic carbocycles. The van der Waals surface area contributed by atoms with E-state index in [-0.39, 0.29) is 0 Å². The average molecular weight is 281 g/mol. The van der Waals surface area contributed by atoms with Crippen LogP contribution in [0.2, 0.25) is 0 Å². The van der Waals surface area contributed by atoms with Crippen molar-refractivity contribution in [2.45, 2.75) is 26.2 Å². The summed E-state index contributed by atoms with van der Waals surface area (Å²) in [6.45, 7) is 3.09. The molecule has 0 saturated heterocycles. The van der Waals surface area contributed by atoms with E-state index in [9.17, 15) is 0 Å². The van der Waals surface area contributed by atoms with Crippen LogP contribution in [0.4, 0.5) is 17.5 Å². The zero-order valence-electron chi connectivity index (χ0n) is 12.1. The maximum atomic E-state index is 8.89. The summed E-state index contributed by atoms with van der Waals surface area (Å²) in [5.41, 5.74) is 1.41. The average Bonchev–Trinajstić information content (AvgIpc) is 2.52. The Balaban J connectivity index is 1.98. The number of anilines is 3. The predicted molar refractivity (Wildman–Crippen MR) is 84.5 cm³/mol. The highest BCUT2D eigenvalue weighted by molar-refractivity contribution is 5.57. The van der Waals surface area contributed by atoms with Crippen LogP contribution in [-0.2, 0) is 0 Å². The zero-order valence-corrected chi connectivity index (χ0v) is 12.1. The van der Waals surface area contributed by atoms with E-state index in [0.717, 1.165) is 24.5 Å². The third-order valence-electron chi connectivity index (χ3n) is 2.99. The van der Waals surface area contributed by atoms with Crippen LogP contribution >= 0.6 is 0 Å². The molecule has 0 spiro atoms. The summed E-state index contributed by atoms with van der Waals surface area (Å²) in [7, 11) is 0. The fourth-order valence-electron chi connectivity index (χ4n) is 1.90. The SMILES string of the molecule is CCCCCNc1ccnc(Nc2cccc(C#N)c2)n1. The fraction of sp³-hybridized carbons (Fsp3) is 0.312. The van der Waals surface area contributed by atoms with Gasteiger partial charge in [0.2, 0.25) is 5.95 Å². The first-order valence-electron chi connectivity index (χ1n) is 7.16. The summed E-state index contributed by atoms with van der Waals surface area (Å²) in [6.07, 6.45) is 5.26. The molecule has 0 fully saturated rings. The molecule has 21 heavy (non-hydrogen) atoms. The zero-order chi connectivity index (χ0) is 14.9. The molecule has 0 aliphatic heterocycles. The van der Waals surface area contributed by atoms with Crippen LogP contribution in [0.1, 0.15) is 31.7 Å². The summed E-state index contributed by atoms with van der Waals surface area (Å²) in [4.78, 5) is 8.59. The van der Waals surface area contributed by atoms with Gasteiger partial charge in [-0.25, -0.2) is 4.98 Å². The monoisotopic (exact) mass is 281 g/mol. The lowest BCUT2D eigenvalue weighted by Gasteiger charge is -2.08. The summed E-state index contributed by atoms with van der Waals surface area (Å²) in [6, 6.07) is 11.2. The molecule has 0 radical (unpaired) electrons. The molecule has 5 nitrogen and oxygen atoms in total. The number of hydrogen-bond acceptors (Lipinski definition) is 5. The molecule has 0 amide bonds. The Kier molecular flexibility index (Phi) is 5.53. The molecule has 0 atom stereocenters. The number of unbranched alkanes of at least 4 members (excludes halogenated alkanes) is 2. The maximum absolute atomic E-state index is 8.89. The van der Waals surface area contributed by atoms with Gasteiger partial charge in [-0.1, -0.05) is 25.8 Å². The van der Waals surface area contributed by atoms with Crippen LogP contribution in [0.3, 0.4) is 0 Å². The molecule has 1 heterocycles. The molecule has 2 rings (SSSR count). The Morgan fingerprint density at radius 3 is 2.95 bits per heavy atom. The molecule has 2 aromatic rings. The van der Waals surface area contributed by atoms with Crippen LogP contribution in [0.25, 0.3) is 0 Å². The summed E-state index contributed by atoms with van der Waals surface area (Å²) >= 11 is 0. The molecular weight excluding hydrogens is 262 g/mol. The van der Waals surface area contributed by atoms with Gasteiger partial charge in [0.1, 0.15) is 5.82 Å². The third-order valence-corrected chi connectivity index (χ3v) is 2.99. The van der Waals surface area contributed by atoms with E-state index >= 15 is 0 Å². The molecular formula is C16H19N5. The van der Waals surface area contributed by atoms with Crippen molar-refractivity contribution >= 4 is 17.5 Å². The topological polar surface area (TPSA) is 73.6 Å². The smallest absolute Gasteiger partial charge is 0.229 e. The molecule has 1 aromatic carbocycles. The van der Waals surface area contributed by atoms with E-state index in [1.54, 1.807) is 18.3 Å². The van der Waals surface area contributed by atoms with Crippen LogP contribution in [0.5, 0.6) is 0 Å². The van der Waals surface area contributed by atoms with E-state index in [1.807, 2.05) is 18.2 Å². The van der Waals surface area contributed by atoms with Crippen LogP contribution in [-0.4, -0.2) is 16.5 Å². The number of aromatic nitrogens is 2. The summed E-state index contributed by atoms with van der Waals surface area (Å²) in [5.74, 6) is 1.32. The Hall–Kier alpha value is -2.61. The third kappa shape index (κ3) is 4.77. The van der Waals surface area contributed by atoms with Gasteiger partial charge in [0.25, 0.3) is 0 Å². The van der Waals surface area contributed by atoms with E-state index in [1.165, 1.54) is 12.8 Å². The van der Waals surface area contributed by atoms with Crippen molar-refractivity contribution in [2.75, 3.05) is 17.2 Å². The Bertz CT molecular complexity index is 618. The van der Waals surface area contributed by atoms with E-state index in [2.05, 4.69) is 33.6 Å². The lowest BCUT2D eigenvalue weighted by Crippen LogP contribution is -2.05. The normalized spacial score (nSPS) is 9.90.